The van der Waals surface area contributed by atoms with Gasteiger partial charge in [0.15, 0.2) is 5.82 Å². The molecular weight excluding hydrogens is 547 g/mol. The number of fused-ring (bicyclic) bond motifs is 3. The normalized spacial score (nSPS) is 14.4. The van der Waals surface area contributed by atoms with E-state index >= 15 is 4.39 Å². The van der Waals surface area contributed by atoms with Crippen molar-refractivity contribution in [3.05, 3.63) is 107 Å². The Morgan fingerprint density at radius 2 is 1.88 bits per heavy atom. The maximum absolute atomic E-state index is 15.7. The van der Waals surface area contributed by atoms with Gasteiger partial charge in [-0.25, -0.2) is 14.4 Å². The lowest BCUT2D eigenvalue weighted by Crippen LogP contribution is -2.29. The summed E-state index contributed by atoms with van der Waals surface area (Å²) in [4.78, 5) is 38.3. The second-order valence-electron chi connectivity index (χ2n) is 11.2. The maximum atomic E-state index is 15.7. The van der Waals surface area contributed by atoms with E-state index in [4.69, 9.17) is 4.98 Å². The standard InChI is InChI=1S/C32H29FN8O2/c1-19(2)41-18-34-38-30(41)25-9-6-10-28(35-25)37-31(42)22-14-27-23(13-24(22)33)32(43)39(15-20-7-4-3-5-8-20)17-29-36-26(16-40(27)29)21-11-12-21/h3-10,13-14,16,18-19,21H,11-12,15,17H2,1-2H3,(H,35,37,42). The van der Waals surface area contributed by atoms with Gasteiger partial charge in [0.1, 0.15) is 29.5 Å². The van der Waals surface area contributed by atoms with Crippen LogP contribution in [-0.2, 0) is 13.1 Å². The summed E-state index contributed by atoms with van der Waals surface area (Å²) in [5, 5.41) is 10.9. The van der Waals surface area contributed by atoms with Gasteiger partial charge in [0.2, 0.25) is 0 Å². The van der Waals surface area contributed by atoms with Gasteiger partial charge in [-0.1, -0.05) is 36.4 Å². The first-order chi connectivity index (χ1) is 20.9. The Balaban J connectivity index is 1.24. The molecule has 0 bridgehead atoms. The highest BCUT2D eigenvalue weighted by Crippen LogP contribution is 2.40. The summed E-state index contributed by atoms with van der Waals surface area (Å²) < 4.78 is 19.4. The van der Waals surface area contributed by atoms with Gasteiger partial charge in [-0.15, -0.1) is 10.2 Å². The number of carbonyl (C=O) groups excluding carboxylic acids is 2. The van der Waals surface area contributed by atoms with E-state index in [1.807, 2.05) is 59.5 Å². The third-order valence-corrected chi connectivity index (χ3v) is 7.80. The summed E-state index contributed by atoms with van der Waals surface area (Å²) in [5.41, 5.74) is 2.82. The van der Waals surface area contributed by atoms with Crippen molar-refractivity contribution in [2.24, 2.45) is 0 Å². The molecule has 43 heavy (non-hydrogen) atoms. The van der Waals surface area contributed by atoms with Crippen LogP contribution in [0.1, 0.15) is 76.4 Å². The molecule has 11 heteroatoms. The lowest BCUT2D eigenvalue weighted by Gasteiger charge is -2.20. The van der Waals surface area contributed by atoms with E-state index in [0.29, 0.717) is 35.5 Å². The zero-order valence-electron chi connectivity index (χ0n) is 23.7. The van der Waals surface area contributed by atoms with Crippen molar-refractivity contribution >= 4 is 17.6 Å². The van der Waals surface area contributed by atoms with Gasteiger partial charge in [0.25, 0.3) is 11.8 Å². The fourth-order valence-corrected chi connectivity index (χ4v) is 5.40. The number of amides is 2. The molecule has 2 amide bonds. The molecule has 216 valence electrons. The fourth-order valence-electron chi connectivity index (χ4n) is 5.40. The van der Waals surface area contributed by atoms with Crippen LogP contribution in [0.25, 0.3) is 17.2 Å². The molecule has 1 fully saturated rings. The number of nitrogens with zero attached hydrogens (tertiary/aromatic N) is 7. The number of nitrogens with one attached hydrogen (secondary N) is 1. The number of pyridine rings is 1. The van der Waals surface area contributed by atoms with Crippen molar-refractivity contribution in [3.8, 4) is 17.2 Å². The van der Waals surface area contributed by atoms with Gasteiger partial charge in [-0.3, -0.25) is 9.59 Å². The van der Waals surface area contributed by atoms with Gasteiger partial charge in [0, 0.05) is 24.7 Å². The number of halogens is 1. The second kappa shape index (κ2) is 10.6. The van der Waals surface area contributed by atoms with Crippen LogP contribution in [0.15, 0.2) is 73.2 Å². The topological polar surface area (TPSA) is 111 Å². The van der Waals surface area contributed by atoms with Gasteiger partial charge >= 0.3 is 0 Å². The number of hydrogen-bond donors (Lipinski definition) is 1. The summed E-state index contributed by atoms with van der Waals surface area (Å²) >= 11 is 0. The van der Waals surface area contributed by atoms with Crippen LogP contribution < -0.4 is 5.32 Å². The second-order valence-corrected chi connectivity index (χ2v) is 11.2. The van der Waals surface area contributed by atoms with E-state index < -0.39 is 11.7 Å². The molecule has 1 N–H and O–H groups in total. The van der Waals surface area contributed by atoms with E-state index in [-0.39, 0.29) is 35.4 Å². The smallest absolute Gasteiger partial charge is 0.259 e. The average Bonchev–Trinajstić information content (AvgIpc) is 3.60. The molecule has 0 spiro atoms. The molecule has 4 heterocycles. The van der Waals surface area contributed by atoms with Crippen LogP contribution >= 0.6 is 0 Å². The highest BCUT2D eigenvalue weighted by Gasteiger charge is 2.33. The predicted molar refractivity (Wildman–Crippen MR) is 157 cm³/mol. The zero-order chi connectivity index (χ0) is 29.7. The van der Waals surface area contributed by atoms with E-state index in [1.165, 1.54) is 6.07 Å². The molecule has 10 nitrogen and oxygen atoms in total. The Bertz CT molecular complexity index is 1860. The van der Waals surface area contributed by atoms with Crippen LogP contribution in [0.4, 0.5) is 10.2 Å². The first kappa shape index (κ1) is 26.7. The molecule has 1 saturated carbocycles. The molecular formula is C32H29FN8O2. The average molecular weight is 577 g/mol. The molecule has 1 aliphatic carbocycles. The van der Waals surface area contributed by atoms with Crippen molar-refractivity contribution in [1.82, 2.24) is 34.2 Å². The van der Waals surface area contributed by atoms with Gasteiger partial charge in [-0.2, -0.15) is 0 Å². The van der Waals surface area contributed by atoms with Crippen LogP contribution in [0.2, 0.25) is 0 Å². The quantitative estimate of drug-likeness (QED) is 0.273. The van der Waals surface area contributed by atoms with E-state index in [1.54, 1.807) is 29.4 Å². The Morgan fingerprint density at radius 1 is 1.07 bits per heavy atom. The molecule has 1 aliphatic heterocycles. The number of hydrogen-bond acceptors (Lipinski definition) is 6. The third-order valence-electron chi connectivity index (χ3n) is 7.80. The number of aromatic nitrogens is 6. The highest BCUT2D eigenvalue weighted by atomic mass is 19.1. The number of carbonyl (C=O) groups is 2. The first-order valence-electron chi connectivity index (χ1n) is 14.3. The molecule has 5 aromatic rings. The minimum atomic E-state index is -0.800. The number of rotatable bonds is 7. The highest BCUT2D eigenvalue weighted by molar-refractivity contribution is 6.06. The summed E-state index contributed by atoms with van der Waals surface area (Å²) in [6.07, 6.45) is 5.67. The minimum absolute atomic E-state index is 0.110. The molecule has 0 atom stereocenters. The van der Waals surface area contributed by atoms with Crippen LogP contribution in [-0.4, -0.2) is 46.0 Å². The van der Waals surface area contributed by atoms with E-state index in [2.05, 4.69) is 20.5 Å². The lowest BCUT2D eigenvalue weighted by atomic mass is 10.1. The Morgan fingerprint density at radius 3 is 2.65 bits per heavy atom. The summed E-state index contributed by atoms with van der Waals surface area (Å²) in [7, 11) is 0. The van der Waals surface area contributed by atoms with E-state index in [9.17, 15) is 9.59 Å². The lowest BCUT2D eigenvalue weighted by molar-refractivity contribution is 0.0730. The van der Waals surface area contributed by atoms with Gasteiger partial charge in [0.05, 0.1) is 29.1 Å². The molecule has 2 aromatic carbocycles. The SMILES string of the molecule is CC(C)n1cnnc1-c1cccc(NC(=O)c2cc3c(cc2F)C(=O)N(Cc2ccccc2)Cc2nc(C4CC4)cn2-3)n1. The van der Waals surface area contributed by atoms with Crippen molar-refractivity contribution in [2.45, 2.75) is 51.7 Å². The summed E-state index contributed by atoms with van der Waals surface area (Å²) in [5.74, 6) is 0.0327. The van der Waals surface area contributed by atoms with Crippen molar-refractivity contribution in [3.63, 3.8) is 0 Å². The third kappa shape index (κ3) is 5.07. The first-order valence-corrected chi connectivity index (χ1v) is 14.3. The van der Waals surface area contributed by atoms with Crippen LogP contribution in [0.5, 0.6) is 0 Å². The molecule has 0 radical (unpaired) electrons. The largest absolute Gasteiger partial charge is 0.327 e. The Labute approximate surface area is 247 Å². The van der Waals surface area contributed by atoms with Crippen molar-refractivity contribution < 1.29 is 14.0 Å². The molecule has 0 saturated heterocycles. The summed E-state index contributed by atoms with van der Waals surface area (Å²) in [6, 6.07) is 17.5. The monoisotopic (exact) mass is 576 g/mol. The fraction of sp³-hybridized carbons (Fsp3) is 0.250. The van der Waals surface area contributed by atoms with Crippen LogP contribution in [0, 0.1) is 5.82 Å². The number of benzene rings is 2. The number of anilines is 1. The predicted octanol–water partition coefficient (Wildman–Crippen LogP) is 5.53. The minimum Gasteiger partial charge on any atom is -0.327 e. The zero-order valence-corrected chi connectivity index (χ0v) is 23.7. The number of imidazole rings is 1. The van der Waals surface area contributed by atoms with Gasteiger partial charge in [-0.05, 0) is 56.5 Å². The molecule has 7 rings (SSSR count). The Hall–Kier alpha value is -5.19. The van der Waals surface area contributed by atoms with Crippen molar-refractivity contribution in [1.29, 1.82) is 0 Å². The van der Waals surface area contributed by atoms with E-state index in [0.717, 1.165) is 30.2 Å². The molecule has 0 unspecified atom stereocenters. The Kier molecular flexibility index (Phi) is 6.56. The van der Waals surface area contributed by atoms with Crippen molar-refractivity contribution in [2.75, 3.05) is 5.32 Å². The van der Waals surface area contributed by atoms with Gasteiger partial charge < -0.3 is 19.4 Å². The maximum Gasteiger partial charge on any atom is 0.259 e. The molecule has 3 aromatic heterocycles. The van der Waals surface area contributed by atoms with Crippen LogP contribution in [0.3, 0.4) is 0 Å². The summed E-state index contributed by atoms with van der Waals surface area (Å²) in [6.45, 7) is 4.62. The molecule has 2 aliphatic rings.